The molecule has 0 aliphatic carbocycles. The van der Waals surface area contributed by atoms with Crippen LogP contribution in [-0.4, -0.2) is 23.1 Å². The van der Waals surface area contributed by atoms with E-state index in [-0.39, 0.29) is 5.28 Å². The van der Waals surface area contributed by atoms with E-state index in [2.05, 4.69) is 39.1 Å². The molecule has 1 aromatic carbocycles. The number of benzene rings is 1. The van der Waals surface area contributed by atoms with Gasteiger partial charge in [-0.25, -0.2) is 4.98 Å². The molecule has 0 amide bonds. The van der Waals surface area contributed by atoms with Crippen LogP contribution in [0.4, 0.5) is 5.82 Å². The van der Waals surface area contributed by atoms with Crippen LogP contribution in [0.2, 0.25) is 10.3 Å². The molecular weight excluding hydrogens is 293 g/mol. The first kappa shape index (κ1) is 13.7. The first-order chi connectivity index (χ1) is 9.74. The van der Waals surface area contributed by atoms with Crippen molar-refractivity contribution in [1.29, 1.82) is 0 Å². The number of rotatable bonds is 2. The Labute approximate surface area is 128 Å². The van der Waals surface area contributed by atoms with Gasteiger partial charge in [0.2, 0.25) is 5.28 Å². The Morgan fingerprint density at radius 2 is 1.95 bits per heavy atom. The highest BCUT2D eigenvalue weighted by Gasteiger charge is 2.23. The maximum atomic E-state index is 6.20. The summed E-state index contributed by atoms with van der Waals surface area (Å²) in [6, 6.07) is 10.6. The Morgan fingerprint density at radius 3 is 2.75 bits per heavy atom. The fourth-order valence-corrected chi connectivity index (χ4v) is 3.07. The van der Waals surface area contributed by atoms with Crippen molar-refractivity contribution < 1.29 is 0 Å². The molecule has 3 rings (SSSR count). The molecule has 1 saturated heterocycles. The average molecular weight is 308 g/mol. The number of anilines is 1. The molecule has 3 nitrogen and oxygen atoms in total. The molecule has 1 fully saturated rings. The topological polar surface area (TPSA) is 29.0 Å². The quantitative estimate of drug-likeness (QED) is 0.780. The molecule has 1 aromatic heterocycles. The highest BCUT2D eigenvalue weighted by Crippen LogP contribution is 2.32. The third-order valence-electron chi connectivity index (χ3n) is 3.69. The van der Waals surface area contributed by atoms with Crippen LogP contribution in [-0.2, 0) is 0 Å². The maximum absolute atomic E-state index is 6.20. The molecule has 2 heterocycles. The molecule has 20 heavy (non-hydrogen) atoms. The third kappa shape index (κ3) is 2.89. The summed E-state index contributed by atoms with van der Waals surface area (Å²) in [5, 5.41) is 0.800. The summed E-state index contributed by atoms with van der Waals surface area (Å²) in [7, 11) is 0. The van der Waals surface area contributed by atoms with Crippen molar-refractivity contribution in [2.45, 2.75) is 18.8 Å². The lowest BCUT2D eigenvalue weighted by atomic mass is 9.91. The maximum Gasteiger partial charge on any atom is 0.224 e. The summed E-state index contributed by atoms with van der Waals surface area (Å²) in [6.45, 7) is 1.87. The number of nitrogens with zero attached hydrogens (tertiary/aromatic N) is 3. The van der Waals surface area contributed by atoms with Gasteiger partial charge in [0.05, 0.1) is 6.20 Å². The summed E-state index contributed by atoms with van der Waals surface area (Å²) in [5.41, 5.74) is 1.37. The smallest absolute Gasteiger partial charge is 0.224 e. The molecule has 104 valence electrons. The Hall–Kier alpha value is -1.32. The van der Waals surface area contributed by atoms with Crippen LogP contribution in [0.5, 0.6) is 0 Å². The zero-order valence-corrected chi connectivity index (χ0v) is 12.5. The molecule has 0 bridgehead atoms. The van der Waals surface area contributed by atoms with Gasteiger partial charge in [0.25, 0.3) is 0 Å². The van der Waals surface area contributed by atoms with Crippen molar-refractivity contribution in [3.05, 3.63) is 52.4 Å². The Morgan fingerprint density at radius 1 is 1.15 bits per heavy atom. The predicted molar refractivity (Wildman–Crippen MR) is 82.7 cm³/mol. The summed E-state index contributed by atoms with van der Waals surface area (Å²) < 4.78 is 0. The largest absolute Gasteiger partial charge is 0.355 e. The lowest BCUT2D eigenvalue weighted by Crippen LogP contribution is -2.35. The monoisotopic (exact) mass is 307 g/mol. The fraction of sp³-hybridized carbons (Fsp3) is 0.333. The van der Waals surface area contributed by atoms with E-state index in [1.54, 1.807) is 6.20 Å². The summed E-state index contributed by atoms with van der Waals surface area (Å²) in [4.78, 5) is 10.4. The van der Waals surface area contributed by atoms with E-state index in [1.165, 1.54) is 12.0 Å². The van der Waals surface area contributed by atoms with E-state index in [1.807, 2.05) is 6.07 Å². The zero-order chi connectivity index (χ0) is 13.9. The van der Waals surface area contributed by atoms with Gasteiger partial charge in [-0.05, 0) is 30.0 Å². The normalized spacial score (nSPS) is 19.1. The van der Waals surface area contributed by atoms with Crippen LogP contribution in [0.25, 0.3) is 0 Å². The second-order valence-electron chi connectivity index (χ2n) is 5.01. The second kappa shape index (κ2) is 5.98. The molecule has 0 N–H and O–H groups in total. The van der Waals surface area contributed by atoms with Crippen molar-refractivity contribution in [2.24, 2.45) is 0 Å². The highest BCUT2D eigenvalue weighted by atomic mass is 35.5. The van der Waals surface area contributed by atoms with Gasteiger partial charge in [0.1, 0.15) is 5.02 Å². The summed E-state index contributed by atoms with van der Waals surface area (Å²) in [5.74, 6) is 1.25. The number of aromatic nitrogens is 2. The third-order valence-corrected chi connectivity index (χ3v) is 4.14. The van der Waals surface area contributed by atoms with Crippen molar-refractivity contribution in [3.63, 3.8) is 0 Å². The van der Waals surface area contributed by atoms with Gasteiger partial charge < -0.3 is 4.90 Å². The molecule has 1 aliphatic heterocycles. The molecule has 0 radical (unpaired) electrons. The minimum atomic E-state index is 0.242. The molecule has 0 saturated carbocycles. The van der Waals surface area contributed by atoms with E-state index in [0.717, 1.165) is 25.3 Å². The second-order valence-corrected chi connectivity index (χ2v) is 5.75. The number of halogens is 2. The van der Waals surface area contributed by atoms with Crippen LogP contribution < -0.4 is 4.90 Å². The van der Waals surface area contributed by atoms with Crippen LogP contribution >= 0.6 is 23.2 Å². The molecule has 0 spiro atoms. The van der Waals surface area contributed by atoms with Crippen molar-refractivity contribution in [3.8, 4) is 0 Å². The molecule has 2 aromatic rings. The van der Waals surface area contributed by atoms with E-state index >= 15 is 0 Å². The van der Waals surface area contributed by atoms with Crippen LogP contribution in [0, 0.1) is 0 Å². The van der Waals surface area contributed by atoms with Gasteiger partial charge in [-0.15, -0.1) is 0 Å². The molecule has 1 aliphatic rings. The highest BCUT2D eigenvalue weighted by molar-refractivity contribution is 6.33. The molecule has 5 heteroatoms. The van der Waals surface area contributed by atoms with Gasteiger partial charge in [-0.3, -0.25) is 0 Å². The lowest BCUT2D eigenvalue weighted by Gasteiger charge is -2.34. The molecule has 1 atom stereocenters. The minimum Gasteiger partial charge on any atom is -0.355 e. The van der Waals surface area contributed by atoms with E-state index in [0.29, 0.717) is 10.9 Å². The van der Waals surface area contributed by atoms with Gasteiger partial charge in [0.15, 0.2) is 5.82 Å². The average Bonchev–Trinajstić information content (AvgIpc) is 2.51. The SMILES string of the molecule is Clc1ncc(Cl)c(N2CCC[C@@H](c3ccccc3)C2)n1. The van der Waals surface area contributed by atoms with Crippen LogP contribution in [0.15, 0.2) is 36.5 Å². The summed E-state index contributed by atoms with van der Waals surface area (Å²) >= 11 is 12.1. The first-order valence-corrected chi connectivity index (χ1v) is 7.47. The van der Waals surface area contributed by atoms with Crippen molar-refractivity contribution in [2.75, 3.05) is 18.0 Å². The molecular formula is C15H15Cl2N3. The minimum absolute atomic E-state index is 0.242. The van der Waals surface area contributed by atoms with Gasteiger partial charge in [-0.1, -0.05) is 41.9 Å². The van der Waals surface area contributed by atoms with Gasteiger partial charge >= 0.3 is 0 Å². The van der Waals surface area contributed by atoms with Crippen molar-refractivity contribution >= 4 is 29.0 Å². The fourth-order valence-electron chi connectivity index (χ4n) is 2.73. The Bertz CT molecular complexity index is 589. The summed E-state index contributed by atoms with van der Waals surface area (Å²) in [6.07, 6.45) is 3.88. The number of piperidine rings is 1. The van der Waals surface area contributed by atoms with Crippen LogP contribution in [0.1, 0.15) is 24.3 Å². The zero-order valence-electron chi connectivity index (χ0n) is 11.0. The lowest BCUT2D eigenvalue weighted by molar-refractivity contribution is 0.507. The van der Waals surface area contributed by atoms with Gasteiger partial charge in [-0.2, -0.15) is 4.98 Å². The molecule has 0 unspecified atom stereocenters. The van der Waals surface area contributed by atoms with E-state index < -0.39 is 0 Å². The number of hydrogen-bond acceptors (Lipinski definition) is 3. The number of hydrogen-bond donors (Lipinski definition) is 0. The van der Waals surface area contributed by atoms with E-state index in [4.69, 9.17) is 23.2 Å². The van der Waals surface area contributed by atoms with Crippen LogP contribution in [0.3, 0.4) is 0 Å². The standard InChI is InChI=1S/C15H15Cl2N3/c16-13-9-18-15(17)19-14(13)20-8-4-7-12(10-20)11-5-2-1-3-6-11/h1-3,5-6,9,12H,4,7-8,10H2/t12-/m1/s1. The van der Waals surface area contributed by atoms with Gasteiger partial charge in [0, 0.05) is 19.0 Å². The first-order valence-electron chi connectivity index (χ1n) is 6.72. The predicted octanol–water partition coefficient (Wildman–Crippen LogP) is 4.17. The Balaban J connectivity index is 1.83. The van der Waals surface area contributed by atoms with Crippen molar-refractivity contribution in [1.82, 2.24) is 9.97 Å². The Kier molecular flexibility index (Phi) is 4.08. The van der Waals surface area contributed by atoms with E-state index in [9.17, 15) is 0 Å².